The Morgan fingerprint density at radius 2 is 1.88 bits per heavy atom. The minimum absolute atomic E-state index is 0.247. The molecule has 1 amide bonds. The zero-order valence-corrected chi connectivity index (χ0v) is 11.4. The lowest BCUT2D eigenvalue weighted by Crippen LogP contribution is -2.27. The number of primary amides is 1. The van der Waals surface area contributed by atoms with E-state index in [9.17, 15) is 4.79 Å². The highest BCUT2D eigenvalue weighted by molar-refractivity contribution is 5.65. The van der Waals surface area contributed by atoms with Gasteiger partial charge in [0, 0.05) is 13.2 Å². The standard InChI is InChI=1S/C7H16O2.C5H11NO2/c1-2-7(6-9)4-3-5-8;1-5(2,3)8-4(6)7/h7-9H,2-6H2,1H3;1-3H3,(H2,6,7). The van der Waals surface area contributed by atoms with Crippen LogP contribution < -0.4 is 5.73 Å². The van der Waals surface area contributed by atoms with Crippen LogP contribution in [0.2, 0.25) is 0 Å². The van der Waals surface area contributed by atoms with Crippen molar-refractivity contribution in [3.8, 4) is 0 Å². The molecule has 0 radical (unpaired) electrons. The number of amides is 1. The Balaban J connectivity index is 0. The lowest BCUT2D eigenvalue weighted by molar-refractivity contribution is 0.0600. The van der Waals surface area contributed by atoms with Gasteiger partial charge in [-0.15, -0.1) is 0 Å². The second kappa shape index (κ2) is 10.4. The molecule has 0 aromatic rings. The minimum atomic E-state index is -0.725. The Morgan fingerprint density at radius 3 is 2.06 bits per heavy atom. The van der Waals surface area contributed by atoms with Crippen LogP contribution in [0, 0.1) is 5.92 Å². The normalized spacial score (nSPS) is 12.4. The summed E-state index contributed by atoms with van der Waals surface area (Å²) in [6.07, 6.45) is 2.05. The molecule has 0 heterocycles. The lowest BCUT2D eigenvalue weighted by atomic mass is 10.0. The van der Waals surface area contributed by atoms with Crippen LogP contribution in [0.5, 0.6) is 0 Å². The minimum Gasteiger partial charge on any atom is -0.444 e. The van der Waals surface area contributed by atoms with Crippen molar-refractivity contribution in [2.24, 2.45) is 11.7 Å². The summed E-state index contributed by atoms with van der Waals surface area (Å²) in [7, 11) is 0. The van der Waals surface area contributed by atoms with E-state index in [2.05, 4.69) is 11.7 Å². The summed E-state index contributed by atoms with van der Waals surface area (Å²) in [5.74, 6) is 0.400. The lowest BCUT2D eigenvalue weighted by Gasteiger charge is -2.16. The second-order valence-corrected chi connectivity index (χ2v) is 4.86. The molecule has 4 N–H and O–H groups in total. The first-order chi connectivity index (χ1) is 7.76. The van der Waals surface area contributed by atoms with Gasteiger partial charge in [-0.1, -0.05) is 13.3 Å². The highest BCUT2D eigenvalue weighted by atomic mass is 16.6. The van der Waals surface area contributed by atoms with Gasteiger partial charge in [0.2, 0.25) is 0 Å². The zero-order chi connectivity index (χ0) is 13.9. The van der Waals surface area contributed by atoms with Gasteiger partial charge < -0.3 is 20.7 Å². The van der Waals surface area contributed by atoms with Crippen molar-refractivity contribution in [1.29, 1.82) is 0 Å². The van der Waals surface area contributed by atoms with Gasteiger partial charge in [0.15, 0.2) is 0 Å². The largest absolute Gasteiger partial charge is 0.444 e. The predicted octanol–water partition coefficient (Wildman–Crippen LogP) is 1.66. The smallest absolute Gasteiger partial charge is 0.405 e. The Labute approximate surface area is 104 Å². The third kappa shape index (κ3) is 17.8. The van der Waals surface area contributed by atoms with Crippen LogP contribution in [0.1, 0.15) is 47.0 Å². The van der Waals surface area contributed by atoms with Crippen molar-refractivity contribution >= 4 is 6.09 Å². The number of aliphatic hydroxyl groups is 2. The molecule has 0 rings (SSSR count). The van der Waals surface area contributed by atoms with Crippen LogP contribution in [0.15, 0.2) is 0 Å². The molecule has 0 saturated carbocycles. The van der Waals surface area contributed by atoms with E-state index < -0.39 is 11.7 Å². The first-order valence-electron chi connectivity index (χ1n) is 5.97. The summed E-state index contributed by atoms with van der Waals surface area (Å²) < 4.78 is 4.58. The maximum absolute atomic E-state index is 10.0. The molecular weight excluding hydrogens is 222 g/mol. The number of aliphatic hydroxyl groups excluding tert-OH is 2. The maximum Gasteiger partial charge on any atom is 0.405 e. The Kier molecular flexibility index (Phi) is 11.3. The van der Waals surface area contributed by atoms with Crippen LogP contribution in [-0.2, 0) is 4.74 Å². The van der Waals surface area contributed by atoms with Gasteiger partial charge in [-0.05, 0) is 39.5 Å². The molecule has 5 heteroatoms. The van der Waals surface area contributed by atoms with Crippen LogP contribution in [-0.4, -0.2) is 35.1 Å². The van der Waals surface area contributed by atoms with Gasteiger partial charge >= 0.3 is 6.09 Å². The molecule has 0 aliphatic carbocycles. The number of carbonyl (C=O) groups excluding carboxylic acids is 1. The van der Waals surface area contributed by atoms with Crippen LogP contribution in [0.4, 0.5) is 4.79 Å². The van der Waals surface area contributed by atoms with Crippen LogP contribution in [0.25, 0.3) is 0 Å². The van der Waals surface area contributed by atoms with Gasteiger partial charge in [0.1, 0.15) is 5.60 Å². The zero-order valence-electron chi connectivity index (χ0n) is 11.4. The molecule has 5 nitrogen and oxygen atoms in total. The monoisotopic (exact) mass is 249 g/mol. The van der Waals surface area contributed by atoms with Crippen molar-refractivity contribution in [2.45, 2.75) is 52.6 Å². The summed E-state index contributed by atoms with van der Waals surface area (Å²) in [6.45, 7) is 7.85. The van der Waals surface area contributed by atoms with Crippen molar-refractivity contribution in [2.75, 3.05) is 13.2 Å². The van der Waals surface area contributed by atoms with E-state index >= 15 is 0 Å². The molecule has 0 aliphatic heterocycles. The van der Waals surface area contributed by atoms with Gasteiger partial charge in [-0.25, -0.2) is 4.79 Å². The number of carbonyl (C=O) groups is 1. The average molecular weight is 249 g/mol. The summed E-state index contributed by atoms with van der Waals surface area (Å²) in [4.78, 5) is 10.0. The number of hydrogen-bond donors (Lipinski definition) is 3. The third-order valence-corrected chi connectivity index (χ3v) is 2.01. The van der Waals surface area contributed by atoms with E-state index in [0.29, 0.717) is 5.92 Å². The molecule has 0 aromatic heterocycles. The summed E-state index contributed by atoms with van der Waals surface area (Å²) in [5.41, 5.74) is 4.26. The third-order valence-electron chi connectivity index (χ3n) is 2.01. The summed E-state index contributed by atoms with van der Waals surface area (Å²) in [5, 5.41) is 17.1. The topological polar surface area (TPSA) is 92.8 Å². The second-order valence-electron chi connectivity index (χ2n) is 4.86. The van der Waals surface area contributed by atoms with E-state index in [4.69, 9.17) is 15.9 Å². The number of hydrogen-bond acceptors (Lipinski definition) is 4. The Morgan fingerprint density at radius 1 is 1.35 bits per heavy atom. The summed E-state index contributed by atoms with van der Waals surface area (Å²) >= 11 is 0. The summed E-state index contributed by atoms with van der Waals surface area (Å²) in [6, 6.07) is 0. The van der Waals surface area contributed by atoms with E-state index in [1.165, 1.54) is 0 Å². The average Bonchev–Trinajstić information content (AvgIpc) is 2.16. The van der Waals surface area contributed by atoms with E-state index in [1.807, 2.05) is 0 Å². The molecule has 0 fully saturated rings. The van der Waals surface area contributed by atoms with Crippen molar-refractivity contribution in [1.82, 2.24) is 0 Å². The van der Waals surface area contributed by atoms with Crippen molar-refractivity contribution in [3.05, 3.63) is 0 Å². The van der Waals surface area contributed by atoms with Gasteiger partial charge in [-0.3, -0.25) is 0 Å². The Bertz CT molecular complexity index is 185. The van der Waals surface area contributed by atoms with Crippen LogP contribution in [0.3, 0.4) is 0 Å². The SMILES string of the molecule is CC(C)(C)OC(N)=O.CCC(CO)CCCO. The first-order valence-corrected chi connectivity index (χ1v) is 5.97. The van der Waals surface area contributed by atoms with Gasteiger partial charge in [0.25, 0.3) is 0 Å². The van der Waals surface area contributed by atoms with Crippen LogP contribution >= 0.6 is 0 Å². The Hall–Kier alpha value is -0.810. The molecular formula is C12H27NO4. The molecule has 104 valence electrons. The van der Waals surface area contributed by atoms with E-state index in [0.717, 1.165) is 19.3 Å². The predicted molar refractivity (Wildman–Crippen MR) is 67.6 cm³/mol. The molecule has 1 atom stereocenters. The molecule has 1 unspecified atom stereocenters. The molecule has 0 aromatic carbocycles. The fourth-order valence-corrected chi connectivity index (χ4v) is 1.11. The molecule has 0 spiro atoms. The number of nitrogens with two attached hydrogens (primary N) is 1. The van der Waals surface area contributed by atoms with Gasteiger partial charge in [-0.2, -0.15) is 0 Å². The highest BCUT2D eigenvalue weighted by Gasteiger charge is 2.12. The maximum atomic E-state index is 10.0. The van der Waals surface area contributed by atoms with Crippen molar-refractivity contribution in [3.63, 3.8) is 0 Å². The molecule has 0 saturated heterocycles. The first kappa shape index (κ1) is 18.6. The van der Waals surface area contributed by atoms with E-state index in [-0.39, 0.29) is 13.2 Å². The quantitative estimate of drug-likeness (QED) is 0.690. The fraction of sp³-hybridized carbons (Fsp3) is 0.917. The number of ether oxygens (including phenoxy) is 1. The number of rotatable bonds is 5. The van der Waals surface area contributed by atoms with Crippen molar-refractivity contribution < 1.29 is 19.7 Å². The molecule has 0 bridgehead atoms. The fourth-order valence-electron chi connectivity index (χ4n) is 1.11. The highest BCUT2D eigenvalue weighted by Crippen LogP contribution is 2.08. The van der Waals surface area contributed by atoms with Gasteiger partial charge in [0.05, 0.1) is 0 Å². The molecule has 0 aliphatic rings. The van der Waals surface area contributed by atoms with E-state index in [1.54, 1.807) is 20.8 Å². The molecule has 17 heavy (non-hydrogen) atoms.